The lowest BCUT2D eigenvalue weighted by molar-refractivity contribution is 0.495. The number of nitrogens with one attached hydrogen (secondary N) is 1. The molecule has 1 unspecified atom stereocenters. The lowest BCUT2D eigenvalue weighted by Gasteiger charge is -2.18. The predicted octanol–water partition coefficient (Wildman–Crippen LogP) is 4.67. The monoisotopic (exact) mass is 321 g/mol. The minimum Gasteiger partial charge on any atom is -0.466 e. The van der Waals surface area contributed by atoms with E-state index in [1.54, 1.807) is 0 Å². The number of benzene rings is 1. The summed E-state index contributed by atoms with van der Waals surface area (Å²) in [5, 5.41) is 3.54. The molecule has 0 saturated carbocycles. The molecule has 19 heavy (non-hydrogen) atoms. The molecule has 1 aromatic heterocycles. The summed E-state index contributed by atoms with van der Waals surface area (Å²) < 4.78 is 6.81. The molecule has 0 bridgehead atoms. The highest BCUT2D eigenvalue weighted by molar-refractivity contribution is 9.10. The molecule has 0 aliphatic rings. The molecule has 3 heteroatoms. The van der Waals surface area contributed by atoms with Gasteiger partial charge in [-0.1, -0.05) is 35.0 Å². The van der Waals surface area contributed by atoms with E-state index in [-0.39, 0.29) is 6.04 Å². The standard InChI is InChI=1S/C16H20BrNO/c1-5-18-16(14-8-11(3)19-12(14)4)13-7-6-10(2)15(17)9-13/h6-9,16,18H,5H2,1-4H3. The Hall–Kier alpha value is -1.06. The van der Waals surface area contributed by atoms with E-state index in [0.717, 1.165) is 22.5 Å². The van der Waals surface area contributed by atoms with E-state index in [0.29, 0.717) is 0 Å². The number of hydrogen-bond acceptors (Lipinski definition) is 2. The molecular weight excluding hydrogens is 302 g/mol. The fraction of sp³-hybridized carbons (Fsp3) is 0.375. The number of halogens is 1. The second-order valence-corrected chi connectivity index (χ2v) is 5.72. The largest absolute Gasteiger partial charge is 0.466 e. The third-order valence-electron chi connectivity index (χ3n) is 3.33. The second kappa shape index (κ2) is 5.93. The lowest BCUT2D eigenvalue weighted by atomic mass is 9.98. The van der Waals surface area contributed by atoms with Crippen molar-refractivity contribution in [2.75, 3.05) is 6.54 Å². The number of aryl methyl sites for hydroxylation is 3. The molecule has 1 atom stereocenters. The zero-order valence-corrected chi connectivity index (χ0v) is 13.5. The fourth-order valence-corrected chi connectivity index (χ4v) is 2.73. The van der Waals surface area contributed by atoms with Gasteiger partial charge in [0.1, 0.15) is 11.5 Å². The summed E-state index contributed by atoms with van der Waals surface area (Å²) in [7, 11) is 0. The van der Waals surface area contributed by atoms with E-state index < -0.39 is 0 Å². The number of hydrogen-bond donors (Lipinski definition) is 1. The first kappa shape index (κ1) is 14.4. The molecule has 0 amide bonds. The quantitative estimate of drug-likeness (QED) is 0.885. The van der Waals surface area contributed by atoms with Gasteiger partial charge in [-0.25, -0.2) is 0 Å². The van der Waals surface area contributed by atoms with Gasteiger partial charge < -0.3 is 9.73 Å². The van der Waals surface area contributed by atoms with E-state index in [9.17, 15) is 0 Å². The van der Waals surface area contributed by atoms with Crippen LogP contribution in [0.1, 0.15) is 41.2 Å². The molecule has 2 rings (SSSR count). The van der Waals surface area contributed by atoms with Crippen molar-refractivity contribution in [3.8, 4) is 0 Å². The van der Waals surface area contributed by atoms with Crippen LogP contribution in [0.25, 0.3) is 0 Å². The Balaban J connectivity index is 2.44. The van der Waals surface area contributed by atoms with Gasteiger partial charge in [0, 0.05) is 10.0 Å². The molecule has 2 nitrogen and oxygen atoms in total. The Morgan fingerprint density at radius 2 is 1.95 bits per heavy atom. The van der Waals surface area contributed by atoms with Crippen molar-refractivity contribution in [2.45, 2.75) is 33.7 Å². The maximum absolute atomic E-state index is 5.67. The highest BCUT2D eigenvalue weighted by atomic mass is 79.9. The van der Waals surface area contributed by atoms with Gasteiger partial charge in [0.15, 0.2) is 0 Å². The first-order chi connectivity index (χ1) is 9.02. The Morgan fingerprint density at radius 3 is 2.47 bits per heavy atom. The molecule has 0 fully saturated rings. The van der Waals surface area contributed by atoms with Crippen molar-refractivity contribution in [3.63, 3.8) is 0 Å². The second-order valence-electron chi connectivity index (χ2n) is 4.87. The normalized spacial score (nSPS) is 12.7. The molecule has 102 valence electrons. The molecule has 0 aliphatic carbocycles. The van der Waals surface area contributed by atoms with Crippen LogP contribution >= 0.6 is 15.9 Å². The van der Waals surface area contributed by atoms with Crippen molar-refractivity contribution < 1.29 is 4.42 Å². The van der Waals surface area contributed by atoms with Gasteiger partial charge in [-0.3, -0.25) is 0 Å². The summed E-state index contributed by atoms with van der Waals surface area (Å²) in [6.45, 7) is 9.15. The Morgan fingerprint density at radius 1 is 1.21 bits per heavy atom. The zero-order chi connectivity index (χ0) is 14.0. The predicted molar refractivity (Wildman–Crippen MR) is 82.6 cm³/mol. The van der Waals surface area contributed by atoms with Crippen LogP contribution in [0.15, 0.2) is 33.2 Å². The Bertz CT molecular complexity index is 574. The highest BCUT2D eigenvalue weighted by Crippen LogP contribution is 2.30. The average molecular weight is 322 g/mol. The minimum atomic E-state index is 0.180. The summed E-state index contributed by atoms with van der Waals surface area (Å²) in [5.41, 5.74) is 3.72. The highest BCUT2D eigenvalue weighted by Gasteiger charge is 2.18. The minimum absolute atomic E-state index is 0.180. The molecule has 0 aliphatic heterocycles. The Labute approximate surface area is 123 Å². The van der Waals surface area contributed by atoms with Gasteiger partial charge >= 0.3 is 0 Å². The van der Waals surface area contributed by atoms with Crippen LogP contribution in [0.4, 0.5) is 0 Å². The van der Waals surface area contributed by atoms with Crippen molar-refractivity contribution in [1.29, 1.82) is 0 Å². The molecule has 0 spiro atoms. The van der Waals surface area contributed by atoms with Crippen LogP contribution in [0.2, 0.25) is 0 Å². The first-order valence-corrected chi connectivity index (χ1v) is 7.38. The number of rotatable bonds is 4. The SMILES string of the molecule is CCNC(c1ccc(C)c(Br)c1)c1cc(C)oc1C. The molecule has 1 N–H and O–H groups in total. The summed E-state index contributed by atoms with van der Waals surface area (Å²) in [5.74, 6) is 1.95. The van der Waals surface area contributed by atoms with Crippen molar-refractivity contribution in [2.24, 2.45) is 0 Å². The molecule has 0 radical (unpaired) electrons. The Kier molecular flexibility index (Phi) is 4.48. The van der Waals surface area contributed by atoms with Gasteiger partial charge in [-0.15, -0.1) is 0 Å². The van der Waals surface area contributed by atoms with Gasteiger partial charge in [0.2, 0.25) is 0 Å². The summed E-state index contributed by atoms with van der Waals surface area (Å²) in [4.78, 5) is 0. The van der Waals surface area contributed by atoms with E-state index in [2.05, 4.69) is 59.4 Å². The van der Waals surface area contributed by atoms with Crippen LogP contribution in [0, 0.1) is 20.8 Å². The number of furan rings is 1. The zero-order valence-electron chi connectivity index (χ0n) is 11.9. The maximum atomic E-state index is 5.67. The van der Waals surface area contributed by atoms with Crippen LogP contribution in [-0.4, -0.2) is 6.54 Å². The van der Waals surface area contributed by atoms with E-state index in [4.69, 9.17) is 4.42 Å². The molecule has 2 aromatic rings. The van der Waals surface area contributed by atoms with Crippen molar-refractivity contribution in [1.82, 2.24) is 5.32 Å². The lowest BCUT2D eigenvalue weighted by Crippen LogP contribution is -2.22. The molecule has 0 saturated heterocycles. The summed E-state index contributed by atoms with van der Waals surface area (Å²) in [6.07, 6.45) is 0. The fourth-order valence-electron chi connectivity index (χ4n) is 2.34. The van der Waals surface area contributed by atoms with Crippen molar-refractivity contribution in [3.05, 3.63) is 56.9 Å². The van der Waals surface area contributed by atoms with Gasteiger partial charge in [-0.2, -0.15) is 0 Å². The summed E-state index contributed by atoms with van der Waals surface area (Å²) in [6, 6.07) is 8.81. The topological polar surface area (TPSA) is 25.2 Å². The third kappa shape index (κ3) is 3.10. The van der Waals surface area contributed by atoms with Gasteiger partial charge in [-0.05, 0) is 50.6 Å². The molecular formula is C16H20BrNO. The molecule has 1 aromatic carbocycles. The van der Waals surface area contributed by atoms with Crippen LogP contribution < -0.4 is 5.32 Å². The van der Waals surface area contributed by atoms with Gasteiger partial charge in [0.05, 0.1) is 6.04 Å². The van der Waals surface area contributed by atoms with Crippen LogP contribution in [0.3, 0.4) is 0 Å². The average Bonchev–Trinajstić information content (AvgIpc) is 2.69. The van der Waals surface area contributed by atoms with E-state index in [1.807, 2.05) is 13.8 Å². The smallest absolute Gasteiger partial charge is 0.106 e. The first-order valence-electron chi connectivity index (χ1n) is 6.59. The molecule has 1 heterocycles. The van der Waals surface area contributed by atoms with E-state index >= 15 is 0 Å². The summed E-state index contributed by atoms with van der Waals surface area (Å²) >= 11 is 3.61. The van der Waals surface area contributed by atoms with E-state index in [1.165, 1.54) is 16.7 Å². The van der Waals surface area contributed by atoms with Crippen LogP contribution in [-0.2, 0) is 0 Å². The maximum Gasteiger partial charge on any atom is 0.106 e. The van der Waals surface area contributed by atoms with Crippen LogP contribution in [0.5, 0.6) is 0 Å². The third-order valence-corrected chi connectivity index (χ3v) is 4.18. The van der Waals surface area contributed by atoms with Crippen molar-refractivity contribution >= 4 is 15.9 Å². The van der Waals surface area contributed by atoms with Gasteiger partial charge in [0.25, 0.3) is 0 Å².